The molecule has 4 aromatic rings. The molecular formula is C43H48N6O7. The van der Waals surface area contributed by atoms with Gasteiger partial charge >= 0.3 is 5.97 Å². The summed E-state index contributed by atoms with van der Waals surface area (Å²) in [4.78, 5) is 42.7. The molecule has 4 aliphatic heterocycles. The molecule has 7 heterocycles. The van der Waals surface area contributed by atoms with Gasteiger partial charge < -0.3 is 39.7 Å². The minimum atomic E-state index is -1.15. The van der Waals surface area contributed by atoms with Crippen molar-refractivity contribution in [3.05, 3.63) is 92.7 Å². The van der Waals surface area contributed by atoms with Gasteiger partial charge in [-0.25, -0.2) is 14.8 Å². The monoisotopic (exact) mass is 760 g/mol. The van der Waals surface area contributed by atoms with Gasteiger partial charge in [0.15, 0.2) is 11.0 Å². The number of anilines is 2. The number of nitrogen functional groups attached to an aromatic ring is 1. The Balaban J connectivity index is 0.948. The average molecular weight is 761 g/mol. The molecule has 4 N–H and O–H groups in total. The highest BCUT2D eigenvalue weighted by Gasteiger charge is 2.60. The highest BCUT2D eigenvalue weighted by Crippen LogP contribution is 2.45. The molecule has 13 heteroatoms. The number of nitrogens with two attached hydrogens (primary N) is 1. The molecule has 3 atom stereocenters. The van der Waals surface area contributed by atoms with Crippen LogP contribution in [0.4, 0.5) is 11.6 Å². The zero-order chi connectivity index (χ0) is 39.4. The van der Waals surface area contributed by atoms with Crippen LogP contribution >= 0.6 is 0 Å². The number of unbranched alkanes of at least 4 members (excludes halogenated alkanes) is 2. The van der Waals surface area contributed by atoms with E-state index in [0.717, 1.165) is 66.4 Å². The molecule has 0 radical (unpaired) electrons. The number of esters is 1. The number of aryl methyl sites for hydroxylation is 2. The van der Waals surface area contributed by atoms with E-state index in [2.05, 4.69) is 40.5 Å². The van der Waals surface area contributed by atoms with Crippen LogP contribution in [-0.2, 0) is 33.7 Å². The number of aromatic nitrogens is 2. The third-order valence-electron chi connectivity index (χ3n) is 11.0. The quantitative estimate of drug-likeness (QED) is 0.0764. The van der Waals surface area contributed by atoms with Crippen LogP contribution in [0.5, 0.6) is 11.5 Å². The molecule has 4 aliphatic rings. The van der Waals surface area contributed by atoms with Gasteiger partial charge in [0.05, 0.1) is 29.7 Å². The molecule has 0 bridgehead atoms. The molecule has 0 spiro atoms. The van der Waals surface area contributed by atoms with Crippen molar-refractivity contribution in [3.63, 3.8) is 0 Å². The number of carbonyl (C=O) groups excluding carboxylic acids is 1. The van der Waals surface area contributed by atoms with Crippen LogP contribution in [0.2, 0.25) is 0 Å². The molecule has 56 heavy (non-hydrogen) atoms. The van der Waals surface area contributed by atoms with Crippen molar-refractivity contribution >= 4 is 34.8 Å². The van der Waals surface area contributed by atoms with E-state index in [1.807, 2.05) is 38.3 Å². The fraction of sp³-hybridized carbons (Fsp3) is 0.419. The van der Waals surface area contributed by atoms with E-state index in [0.29, 0.717) is 42.3 Å². The van der Waals surface area contributed by atoms with Crippen molar-refractivity contribution in [3.8, 4) is 22.8 Å². The number of hydrogen-bond acceptors (Lipinski definition) is 13. The molecule has 0 aliphatic carbocycles. The zero-order valence-electron chi connectivity index (χ0n) is 32.5. The number of fused-ring (bicyclic) bond motifs is 3. The number of hydrogen-bond donors (Lipinski definition) is 3. The fourth-order valence-electron chi connectivity index (χ4n) is 7.79. The van der Waals surface area contributed by atoms with Crippen LogP contribution in [0.3, 0.4) is 0 Å². The number of ether oxygens (including phenoxy) is 3. The number of epoxide rings is 1. The van der Waals surface area contributed by atoms with Gasteiger partial charge in [-0.15, -0.1) is 0 Å². The second kappa shape index (κ2) is 14.4. The number of nitrogens with zero attached hydrogens (tertiary/aromatic N) is 4. The van der Waals surface area contributed by atoms with Crippen LogP contribution in [0, 0.1) is 6.92 Å². The smallest absolute Gasteiger partial charge is 0.341 e. The Hall–Kier alpha value is -5.69. The van der Waals surface area contributed by atoms with Crippen molar-refractivity contribution in [2.24, 2.45) is 4.99 Å². The SMILES string of the molecule is CCCCCNc1cc(-c2cc(CC[C@H]3O[C@@]3(C)C(=O)O[C@@H]3Cc4c(cc5oc(C)cc(=O)c5c4O)OC3(C)C)cc(N)n2)cc(CN2C=C3N=CC=C3C2)n1. The first-order valence-electron chi connectivity index (χ1n) is 19.4. The molecule has 0 amide bonds. The summed E-state index contributed by atoms with van der Waals surface area (Å²) in [6.45, 7) is 11.5. The fourth-order valence-corrected chi connectivity index (χ4v) is 7.79. The summed E-state index contributed by atoms with van der Waals surface area (Å²) >= 11 is 0. The second-order valence-electron chi connectivity index (χ2n) is 15.9. The molecule has 13 nitrogen and oxygen atoms in total. The normalized spacial score (nSPS) is 21.6. The highest BCUT2D eigenvalue weighted by molar-refractivity contribution is 5.87. The summed E-state index contributed by atoms with van der Waals surface area (Å²) in [5.74, 6) is 1.26. The number of rotatable bonds is 13. The lowest BCUT2D eigenvalue weighted by atomic mass is 9.89. The molecule has 3 aromatic heterocycles. The van der Waals surface area contributed by atoms with Gasteiger partial charge in [0.25, 0.3) is 0 Å². The van der Waals surface area contributed by atoms with E-state index < -0.39 is 23.3 Å². The molecule has 1 saturated heterocycles. The van der Waals surface area contributed by atoms with E-state index in [1.165, 1.54) is 11.6 Å². The van der Waals surface area contributed by atoms with Crippen LogP contribution in [0.1, 0.15) is 76.0 Å². The lowest BCUT2D eigenvalue weighted by Gasteiger charge is -2.39. The van der Waals surface area contributed by atoms with Gasteiger partial charge in [0, 0.05) is 60.8 Å². The van der Waals surface area contributed by atoms with Crippen molar-refractivity contribution in [2.75, 3.05) is 24.1 Å². The van der Waals surface area contributed by atoms with Gasteiger partial charge in [0.1, 0.15) is 51.6 Å². The van der Waals surface area contributed by atoms with E-state index in [1.54, 1.807) is 19.9 Å². The number of nitrogens with one attached hydrogen (secondary N) is 1. The number of pyridine rings is 2. The van der Waals surface area contributed by atoms with Gasteiger partial charge in [-0.05, 0) is 82.9 Å². The van der Waals surface area contributed by atoms with Crippen LogP contribution < -0.4 is 21.2 Å². The third kappa shape index (κ3) is 7.35. The van der Waals surface area contributed by atoms with E-state index >= 15 is 0 Å². The summed E-state index contributed by atoms with van der Waals surface area (Å²) in [7, 11) is 0. The first-order valence-corrected chi connectivity index (χ1v) is 19.4. The molecule has 292 valence electrons. The standard InChI is InChI=1S/C43H48N6O7/c1-6-7-8-12-46-38-18-27(17-28(47-38)22-49-21-26-11-13-45-31(26)23-49)30-15-25(16-37(44)48-30)9-10-35-43(5,56-35)41(52)54-36-19-29-33(55-42(36,3)4)20-34-39(40(29)51)32(50)14-24(2)53-34/h11,13-18,20,23,35-36,51H,6-10,12,19,21-22H2,1-5H3,(H2,44,48)(H,46,47)/t35-,36-,43-/m1/s1. The Kier molecular flexibility index (Phi) is 9.60. The molecule has 0 saturated carbocycles. The molecule has 1 aromatic carbocycles. The summed E-state index contributed by atoms with van der Waals surface area (Å²) in [5.41, 5.74) is 10.3. The first-order chi connectivity index (χ1) is 26.8. The van der Waals surface area contributed by atoms with Gasteiger partial charge in [-0.2, -0.15) is 0 Å². The van der Waals surface area contributed by atoms with Crippen molar-refractivity contribution in [2.45, 2.75) is 103 Å². The maximum Gasteiger partial charge on any atom is 0.341 e. The largest absolute Gasteiger partial charge is 0.507 e. The number of benzene rings is 1. The summed E-state index contributed by atoms with van der Waals surface area (Å²) in [6.07, 6.45) is 9.47. The van der Waals surface area contributed by atoms with Gasteiger partial charge in [-0.1, -0.05) is 19.8 Å². The van der Waals surface area contributed by atoms with Crippen molar-refractivity contribution in [1.82, 2.24) is 14.9 Å². The Bertz CT molecular complexity index is 2380. The Morgan fingerprint density at radius 2 is 1.96 bits per heavy atom. The molecule has 8 rings (SSSR count). The zero-order valence-corrected chi connectivity index (χ0v) is 32.5. The third-order valence-corrected chi connectivity index (χ3v) is 11.0. The topological polar surface area (TPSA) is 178 Å². The maximum atomic E-state index is 13.7. The summed E-state index contributed by atoms with van der Waals surface area (Å²) in [6, 6.07) is 10.9. The number of allylic oxidation sites excluding steroid dienone is 1. The predicted octanol–water partition coefficient (Wildman–Crippen LogP) is 6.53. The van der Waals surface area contributed by atoms with Crippen molar-refractivity contribution in [1.29, 1.82) is 0 Å². The maximum absolute atomic E-state index is 13.7. The highest BCUT2D eigenvalue weighted by atomic mass is 16.7. The van der Waals surface area contributed by atoms with Gasteiger partial charge in [0.2, 0.25) is 0 Å². The summed E-state index contributed by atoms with van der Waals surface area (Å²) in [5, 5.41) is 14.7. The predicted molar refractivity (Wildman–Crippen MR) is 214 cm³/mol. The number of phenols is 1. The first kappa shape index (κ1) is 37.2. The van der Waals surface area contributed by atoms with E-state index in [9.17, 15) is 14.7 Å². The Morgan fingerprint density at radius 1 is 1.12 bits per heavy atom. The Labute approximate surface area is 325 Å². The molecule has 0 unspecified atom stereocenters. The van der Waals surface area contributed by atoms with Crippen LogP contribution in [0.25, 0.3) is 22.2 Å². The average Bonchev–Trinajstić information content (AvgIpc) is 3.38. The van der Waals surface area contributed by atoms with E-state index in [4.69, 9.17) is 34.3 Å². The minimum Gasteiger partial charge on any atom is -0.507 e. The van der Waals surface area contributed by atoms with Gasteiger partial charge in [-0.3, -0.25) is 9.79 Å². The van der Waals surface area contributed by atoms with Crippen LogP contribution in [0.15, 0.2) is 74.1 Å². The van der Waals surface area contributed by atoms with Crippen LogP contribution in [-0.4, -0.2) is 68.7 Å². The lowest BCUT2D eigenvalue weighted by molar-refractivity contribution is -0.167. The second-order valence-corrected chi connectivity index (χ2v) is 15.9. The number of carbonyl (C=O) groups is 1. The number of phenolic OH excluding ortho intramolecular Hbond substituents is 1. The summed E-state index contributed by atoms with van der Waals surface area (Å²) < 4.78 is 24.0. The number of aromatic hydroxyl groups is 1. The van der Waals surface area contributed by atoms with Crippen molar-refractivity contribution < 1.29 is 28.5 Å². The Morgan fingerprint density at radius 3 is 2.77 bits per heavy atom. The van der Waals surface area contributed by atoms with E-state index in [-0.39, 0.29) is 34.7 Å². The number of aliphatic imine (C=N–C) groups is 1. The minimum absolute atomic E-state index is 0.0691. The lowest BCUT2D eigenvalue weighted by Crippen LogP contribution is -2.50. The molecule has 1 fully saturated rings. The molecular weight excluding hydrogens is 713 g/mol.